The monoisotopic (exact) mass is 252 g/mol. The molecule has 0 N–H and O–H groups in total. The summed E-state index contributed by atoms with van der Waals surface area (Å²) in [4.78, 5) is 11.2. The van der Waals surface area contributed by atoms with Gasteiger partial charge in [0, 0.05) is 5.57 Å². The third-order valence-corrected chi connectivity index (χ3v) is 2.95. The van der Waals surface area contributed by atoms with Crippen LogP contribution in [-0.4, -0.2) is 13.1 Å². The Bertz CT molecular complexity index is 630. The summed E-state index contributed by atoms with van der Waals surface area (Å²) in [6.45, 7) is 0.252. The predicted molar refractivity (Wildman–Crippen MR) is 72.9 cm³/mol. The Balaban J connectivity index is 1.97. The number of ether oxygens (including phenoxy) is 2. The Morgan fingerprint density at radius 2 is 1.79 bits per heavy atom. The molecular formula is C16H12O3. The third-order valence-electron chi connectivity index (χ3n) is 2.95. The molecule has 2 aromatic rings. The first-order chi connectivity index (χ1) is 9.36. The fourth-order valence-electron chi connectivity index (χ4n) is 2.00. The van der Waals surface area contributed by atoms with Crippen molar-refractivity contribution >= 4 is 17.9 Å². The van der Waals surface area contributed by atoms with E-state index < -0.39 is 0 Å². The van der Waals surface area contributed by atoms with Crippen LogP contribution in [0.4, 0.5) is 0 Å². The second kappa shape index (κ2) is 4.98. The Morgan fingerprint density at radius 1 is 1.00 bits per heavy atom. The summed E-state index contributed by atoms with van der Waals surface area (Å²) < 4.78 is 10.6. The highest BCUT2D eigenvalue weighted by Gasteiger charge is 2.12. The predicted octanol–water partition coefficient (Wildman–Crippen LogP) is 3.15. The molecule has 3 heteroatoms. The summed E-state index contributed by atoms with van der Waals surface area (Å²) in [6, 6.07) is 15.2. The molecule has 94 valence electrons. The van der Waals surface area contributed by atoms with Crippen LogP contribution in [0.1, 0.15) is 11.1 Å². The molecule has 0 atom stereocenters. The largest absolute Gasteiger partial charge is 0.454 e. The van der Waals surface area contributed by atoms with Gasteiger partial charge in [-0.05, 0) is 29.3 Å². The highest BCUT2D eigenvalue weighted by molar-refractivity contribution is 6.13. The van der Waals surface area contributed by atoms with Crippen molar-refractivity contribution in [2.45, 2.75) is 0 Å². The van der Waals surface area contributed by atoms with E-state index in [1.165, 1.54) is 0 Å². The summed E-state index contributed by atoms with van der Waals surface area (Å²) in [5, 5.41) is 0. The van der Waals surface area contributed by atoms with E-state index in [0.29, 0.717) is 11.3 Å². The fourth-order valence-corrected chi connectivity index (χ4v) is 2.00. The van der Waals surface area contributed by atoms with Gasteiger partial charge in [0.15, 0.2) is 17.8 Å². The Kier molecular flexibility index (Phi) is 3.02. The quantitative estimate of drug-likeness (QED) is 0.478. The topological polar surface area (TPSA) is 35.5 Å². The second-order valence-corrected chi connectivity index (χ2v) is 4.20. The molecular weight excluding hydrogens is 240 g/mol. The highest BCUT2D eigenvalue weighted by Crippen LogP contribution is 2.33. The molecule has 0 fully saturated rings. The number of hydrogen-bond acceptors (Lipinski definition) is 3. The maximum absolute atomic E-state index is 11.2. The van der Waals surface area contributed by atoms with Crippen molar-refractivity contribution in [2.75, 3.05) is 6.79 Å². The average Bonchev–Trinajstić information content (AvgIpc) is 2.93. The molecule has 0 saturated carbocycles. The van der Waals surface area contributed by atoms with Crippen LogP contribution in [0.5, 0.6) is 11.5 Å². The lowest BCUT2D eigenvalue weighted by Gasteiger charge is -2.02. The molecule has 1 heterocycles. The Hall–Kier alpha value is -2.55. The molecule has 19 heavy (non-hydrogen) atoms. The van der Waals surface area contributed by atoms with Crippen LogP contribution in [0.15, 0.2) is 48.5 Å². The standard InChI is InChI=1S/C16H12O3/c17-10-14(13-4-2-1-3-5-13)8-12-6-7-15-16(9-12)19-11-18-15/h1-10H,11H2/b14-8-. The number of aldehydes is 1. The second-order valence-electron chi connectivity index (χ2n) is 4.20. The van der Waals surface area contributed by atoms with E-state index in [1.54, 1.807) is 0 Å². The number of carbonyl (C=O) groups is 1. The van der Waals surface area contributed by atoms with Crippen LogP contribution in [0.2, 0.25) is 0 Å². The van der Waals surface area contributed by atoms with Crippen LogP contribution >= 0.6 is 0 Å². The zero-order chi connectivity index (χ0) is 13.1. The molecule has 0 unspecified atom stereocenters. The van der Waals surface area contributed by atoms with Gasteiger partial charge < -0.3 is 9.47 Å². The SMILES string of the molecule is O=C/C(=C/c1ccc2c(c1)OCO2)c1ccccc1. The van der Waals surface area contributed by atoms with Crippen molar-refractivity contribution in [1.29, 1.82) is 0 Å². The molecule has 0 radical (unpaired) electrons. The minimum atomic E-state index is 0.252. The van der Waals surface area contributed by atoms with Gasteiger partial charge in [-0.15, -0.1) is 0 Å². The smallest absolute Gasteiger partial charge is 0.231 e. The lowest BCUT2D eigenvalue weighted by atomic mass is 10.0. The summed E-state index contributed by atoms with van der Waals surface area (Å²) in [6.07, 6.45) is 2.70. The molecule has 0 saturated heterocycles. The van der Waals surface area contributed by atoms with Gasteiger partial charge in [0.05, 0.1) is 0 Å². The number of fused-ring (bicyclic) bond motifs is 1. The first-order valence-electron chi connectivity index (χ1n) is 5.99. The van der Waals surface area contributed by atoms with Gasteiger partial charge in [0.1, 0.15) is 0 Å². The Labute approximate surface area is 111 Å². The summed E-state index contributed by atoms with van der Waals surface area (Å²) in [7, 11) is 0. The van der Waals surface area contributed by atoms with Gasteiger partial charge in [-0.3, -0.25) is 4.79 Å². The van der Waals surface area contributed by atoms with E-state index in [4.69, 9.17) is 9.47 Å². The number of carbonyl (C=O) groups excluding carboxylic acids is 1. The molecule has 3 rings (SSSR count). The van der Waals surface area contributed by atoms with Crippen molar-refractivity contribution in [3.05, 3.63) is 59.7 Å². The van der Waals surface area contributed by atoms with E-state index in [9.17, 15) is 4.79 Å². The van der Waals surface area contributed by atoms with Gasteiger partial charge in [0.25, 0.3) is 0 Å². The van der Waals surface area contributed by atoms with Crippen molar-refractivity contribution in [3.63, 3.8) is 0 Å². The first-order valence-corrected chi connectivity index (χ1v) is 5.99. The lowest BCUT2D eigenvalue weighted by Crippen LogP contribution is -1.92. The molecule has 3 nitrogen and oxygen atoms in total. The molecule has 0 aromatic heterocycles. The van der Waals surface area contributed by atoms with Crippen molar-refractivity contribution in [3.8, 4) is 11.5 Å². The zero-order valence-corrected chi connectivity index (χ0v) is 10.2. The van der Waals surface area contributed by atoms with Crippen molar-refractivity contribution in [2.24, 2.45) is 0 Å². The van der Waals surface area contributed by atoms with Crippen molar-refractivity contribution in [1.82, 2.24) is 0 Å². The first kappa shape index (κ1) is 11.5. The van der Waals surface area contributed by atoms with Gasteiger partial charge >= 0.3 is 0 Å². The minimum absolute atomic E-state index is 0.252. The number of allylic oxidation sites excluding steroid dienone is 1. The van der Waals surface area contributed by atoms with Gasteiger partial charge in [0.2, 0.25) is 6.79 Å². The van der Waals surface area contributed by atoms with E-state index >= 15 is 0 Å². The van der Waals surface area contributed by atoms with E-state index in [-0.39, 0.29) is 6.79 Å². The Morgan fingerprint density at radius 3 is 2.58 bits per heavy atom. The van der Waals surface area contributed by atoms with Crippen LogP contribution in [0.3, 0.4) is 0 Å². The summed E-state index contributed by atoms with van der Waals surface area (Å²) >= 11 is 0. The van der Waals surface area contributed by atoms with Crippen LogP contribution in [-0.2, 0) is 4.79 Å². The minimum Gasteiger partial charge on any atom is -0.454 e. The van der Waals surface area contributed by atoms with Crippen LogP contribution in [0.25, 0.3) is 11.6 Å². The summed E-state index contributed by atoms with van der Waals surface area (Å²) in [5.41, 5.74) is 2.45. The van der Waals surface area contributed by atoms with Crippen molar-refractivity contribution < 1.29 is 14.3 Å². The molecule has 0 spiro atoms. The summed E-state index contributed by atoms with van der Waals surface area (Å²) in [5.74, 6) is 1.46. The van der Waals surface area contributed by atoms with Gasteiger partial charge in [-0.25, -0.2) is 0 Å². The van der Waals surface area contributed by atoms with Crippen LogP contribution < -0.4 is 9.47 Å². The fraction of sp³-hybridized carbons (Fsp3) is 0.0625. The normalized spacial score (nSPS) is 13.4. The maximum atomic E-state index is 11.2. The molecule has 0 amide bonds. The zero-order valence-electron chi connectivity index (χ0n) is 10.2. The van der Waals surface area contributed by atoms with Gasteiger partial charge in [-0.2, -0.15) is 0 Å². The average molecular weight is 252 g/mol. The number of benzene rings is 2. The van der Waals surface area contributed by atoms with E-state index in [2.05, 4.69) is 0 Å². The van der Waals surface area contributed by atoms with Gasteiger partial charge in [-0.1, -0.05) is 36.4 Å². The molecule has 2 aromatic carbocycles. The van der Waals surface area contributed by atoms with E-state index in [0.717, 1.165) is 23.2 Å². The highest BCUT2D eigenvalue weighted by atomic mass is 16.7. The maximum Gasteiger partial charge on any atom is 0.231 e. The molecule has 1 aliphatic heterocycles. The number of hydrogen-bond donors (Lipinski definition) is 0. The lowest BCUT2D eigenvalue weighted by molar-refractivity contribution is -0.103. The molecule has 1 aliphatic rings. The molecule has 0 aliphatic carbocycles. The molecule has 0 bridgehead atoms. The third kappa shape index (κ3) is 2.36. The number of rotatable bonds is 3. The van der Waals surface area contributed by atoms with Crippen LogP contribution in [0, 0.1) is 0 Å². The van der Waals surface area contributed by atoms with E-state index in [1.807, 2.05) is 54.6 Å².